The number of hydrogen-bond donors (Lipinski definition) is 1. The van der Waals surface area contributed by atoms with Crippen molar-refractivity contribution >= 4 is 21.7 Å². The van der Waals surface area contributed by atoms with Crippen LogP contribution in [-0.2, 0) is 16.1 Å². The fraction of sp³-hybridized carbons (Fsp3) is 0.632. The summed E-state index contributed by atoms with van der Waals surface area (Å²) in [7, 11) is 0. The molecule has 0 amide bonds. The minimum atomic E-state index is -1.41. The van der Waals surface area contributed by atoms with Gasteiger partial charge in [0.05, 0.1) is 18.0 Å². The third-order valence-electron chi connectivity index (χ3n) is 3.82. The van der Waals surface area contributed by atoms with Crippen molar-refractivity contribution in [3.05, 3.63) is 35.9 Å². The summed E-state index contributed by atoms with van der Waals surface area (Å²) in [4.78, 5) is 12.3. The van der Waals surface area contributed by atoms with Crippen LogP contribution in [0, 0.1) is 5.92 Å². The van der Waals surface area contributed by atoms with Crippen molar-refractivity contribution in [3.63, 3.8) is 0 Å². The van der Waals surface area contributed by atoms with Gasteiger partial charge in [-0.25, -0.2) is 0 Å². The van der Waals surface area contributed by atoms with Crippen LogP contribution in [0.4, 0.5) is 0 Å². The molecule has 1 N–H and O–H groups in total. The van der Waals surface area contributed by atoms with Gasteiger partial charge in [0.2, 0.25) is 0 Å². The number of rotatable bonds is 11. The van der Waals surface area contributed by atoms with Gasteiger partial charge in [0.25, 0.3) is 0 Å². The summed E-state index contributed by atoms with van der Waals surface area (Å²) < 4.78 is 5.67. The molecule has 1 unspecified atom stereocenters. The van der Waals surface area contributed by atoms with Gasteiger partial charge in [-0.2, -0.15) is 0 Å². The van der Waals surface area contributed by atoms with E-state index < -0.39 is 5.60 Å². The quantitative estimate of drug-likeness (QED) is 0.571. The highest BCUT2D eigenvalue weighted by molar-refractivity contribution is 9.10. The lowest BCUT2D eigenvalue weighted by molar-refractivity contribution is -0.145. The number of ketones is 1. The number of ether oxygens (including phenoxy) is 1. The van der Waals surface area contributed by atoms with Crippen LogP contribution in [0.2, 0.25) is 0 Å². The molecule has 23 heavy (non-hydrogen) atoms. The van der Waals surface area contributed by atoms with Gasteiger partial charge in [-0.15, -0.1) is 0 Å². The molecule has 0 aromatic heterocycles. The van der Waals surface area contributed by atoms with Crippen LogP contribution in [0.1, 0.15) is 52.0 Å². The average Bonchev–Trinajstić information content (AvgIpc) is 2.52. The Hall–Kier alpha value is -0.710. The second-order valence-corrected chi connectivity index (χ2v) is 7.68. The molecule has 0 saturated carbocycles. The molecule has 0 aliphatic rings. The van der Waals surface area contributed by atoms with Gasteiger partial charge in [-0.3, -0.25) is 4.79 Å². The van der Waals surface area contributed by atoms with Crippen LogP contribution in [-0.4, -0.2) is 27.9 Å². The predicted octanol–water partition coefficient (Wildman–Crippen LogP) is 4.50. The van der Waals surface area contributed by atoms with Crippen molar-refractivity contribution < 1.29 is 14.6 Å². The van der Waals surface area contributed by atoms with E-state index in [1.54, 1.807) is 0 Å². The number of carbonyl (C=O) groups excluding carboxylic acids is 1. The summed E-state index contributed by atoms with van der Waals surface area (Å²) in [5, 5.41) is 10.9. The Balaban J connectivity index is 2.66. The van der Waals surface area contributed by atoms with E-state index in [1.165, 1.54) is 0 Å². The normalized spacial score (nSPS) is 15.4. The van der Waals surface area contributed by atoms with Gasteiger partial charge >= 0.3 is 0 Å². The summed E-state index contributed by atoms with van der Waals surface area (Å²) in [5.41, 5.74) is -0.372. The van der Waals surface area contributed by atoms with Gasteiger partial charge in [0.15, 0.2) is 5.78 Å². The minimum absolute atomic E-state index is 0.0426. The highest BCUT2D eigenvalue weighted by Gasteiger charge is 2.39. The maximum absolute atomic E-state index is 12.7. The molecule has 0 saturated heterocycles. The van der Waals surface area contributed by atoms with Crippen molar-refractivity contribution in [2.24, 2.45) is 5.92 Å². The van der Waals surface area contributed by atoms with Crippen LogP contribution in [0.3, 0.4) is 0 Å². The molecule has 2 atom stereocenters. The Morgan fingerprint density at radius 2 is 1.96 bits per heavy atom. The van der Waals surface area contributed by atoms with Gasteiger partial charge < -0.3 is 9.84 Å². The van der Waals surface area contributed by atoms with Crippen molar-refractivity contribution in [3.8, 4) is 0 Å². The molecule has 0 spiro atoms. The number of alkyl halides is 1. The summed E-state index contributed by atoms with van der Waals surface area (Å²) in [6.45, 7) is 6.63. The zero-order valence-corrected chi connectivity index (χ0v) is 16.0. The first-order valence-corrected chi connectivity index (χ1v) is 9.33. The largest absolute Gasteiger partial charge is 0.380 e. The molecule has 0 heterocycles. The van der Waals surface area contributed by atoms with E-state index >= 15 is 0 Å². The summed E-state index contributed by atoms with van der Waals surface area (Å²) in [6, 6.07) is 9.79. The fourth-order valence-corrected chi connectivity index (χ4v) is 3.63. The molecule has 130 valence electrons. The van der Waals surface area contributed by atoms with Crippen molar-refractivity contribution in [2.75, 3.05) is 6.61 Å². The van der Waals surface area contributed by atoms with Gasteiger partial charge in [-0.1, -0.05) is 79.9 Å². The number of unbranched alkanes of at least 4 members (excludes halogenated alkanes) is 1. The van der Waals surface area contributed by atoms with Gasteiger partial charge in [-0.05, 0) is 24.3 Å². The van der Waals surface area contributed by atoms with E-state index in [-0.39, 0.29) is 17.2 Å². The minimum Gasteiger partial charge on any atom is -0.380 e. The number of benzene rings is 1. The van der Waals surface area contributed by atoms with Crippen LogP contribution in [0.5, 0.6) is 0 Å². The second kappa shape index (κ2) is 10.2. The van der Waals surface area contributed by atoms with E-state index in [0.29, 0.717) is 25.4 Å². The second-order valence-electron chi connectivity index (χ2n) is 6.57. The van der Waals surface area contributed by atoms with Crippen LogP contribution < -0.4 is 0 Å². The van der Waals surface area contributed by atoms with Crippen molar-refractivity contribution in [1.29, 1.82) is 0 Å². The number of carbonyl (C=O) groups is 1. The maximum Gasteiger partial charge on any atom is 0.180 e. The topological polar surface area (TPSA) is 46.5 Å². The number of Topliss-reactive ketones (excluding diaryl/α,β-unsaturated/α-hetero) is 1. The Morgan fingerprint density at radius 3 is 2.52 bits per heavy atom. The van der Waals surface area contributed by atoms with E-state index in [1.807, 2.05) is 30.3 Å². The average molecular weight is 385 g/mol. The highest BCUT2D eigenvalue weighted by atomic mass is 79.9. The van der Waals surface area contributed by atoms with E-state index in [9.17, 15) is 9.90 Å². The van der Waals surface area contributed by atoms with Gasteiger partial charge in [0.1, 0.15) is 5.60 Å². The lowest BCUT2D eigenvalue weighted by Gasteiger charge is -2.29. The Morgan fingerprint density at radius 1 is 1.30 bits per heavy atom. The molecule has 1 rings (SSSR count). The molecule has 0 radical (unpaired) electrons. The van der Waals surface area contributed by atoms with E-state index in [0.717, 1.165) is 18.4 Å². The lowest BCUT2D eigenvalue weighted by atomic mass is 9.88. The van der Waals surface area contributed by atoms with E-state index in [2.05, 4.69) is 36.7 Å². The third-order valence-corrected chi connectivity index (χ3v) is 4.61. The monoisotopic (exact) mass is 384 g/mol. The number of aliphatic hydroxyl groups is 1. The molecular weight excluding hydrogens is 356 g/mol. The summed E-state index contributed by atoms with van der Waals surface area (Å²) >= 11 is 3.44. The first-order chi connectivity index (χ1) is 10.9. The standard InChI is InChI=1S/C19H29BrO3/c1-4-5-11-19(22,18(21)17(20)12-15(2)3)14-23-13-16-9-7-6-8-10-16/h6-10,15,17,22H,4-5,11-14H2,1-3H3/t17?,19-/m1/s1. The van der Waals surface area contributed by atoms with E-state index in [4.69, 9.17) is 4.74 Å². The molecule has 0 fully saturated rings. The van der Waals surface area contributed by atoms with Crippen molar-refractivity contribution in [2.45, 2.75) is 63.5 Å². The number of hydrogen-bond acceptors (Lipinski definition) is 3. The van der Waals surface area contributed by atoms with Crippen LogP contribution >= 0.6 is 15.9 Å². The Kier molecular flexibility index (Phi) is 9.03. The third kappa shape index (κ3) is 7.15. The Labute approximate surface area is 148 Å². The molecule has 3 nitrogen and oxygen atoms in total. The Bertz CT molecular complexity index is 461. The first-order valence-electron chi connectivity index (χ1n) is 8.41. The molecule has 0 aliphatic carbocycles. The molecule has 1 aromatic rings. The van der Waals surface area contributed by atoms with Crippen LogP contribution in [0.25, 0.3) is 0 Å². The van der Waals surface area contributed by atoms with Crippen LogP contribution in [0.15, 0.2) is 30.3 Å². The van der Waals surface area contributed by atoms with Crippen molar-refractivity contribution in [1.82, 2.24) is 0 Å². The predicted molar refractivity (Wildman–Crippen MR) is 97.7 cm³/mol. The SMILES string of the molecule is CCCC[C@@](O)(COCc1ccccc1)C(=O)C(Br)CC(C)C. The molecular formula is C19H29BrO3. The fourth-order valence-electron chi connectivity index (χ4n) is 2.46. The summed E-state index contributed by atoms with van der Waals surface area (Å²) in [6.07, 6.45) is 2.90. The lowest BCUT2D eigenvalue weighted by Crippen LogP contribution is -2.47. The molecule has 4 heteroatoms. The highest BCUT2D eigenvalue weighted by Crippen LogP contribution is 2.25. The maximum atomic E-state index is 12.7. The smallest absolute Gasteiger partial charge is 0.180 e. The summed E-state index contributed by atoms with van der Waals surface area (Å²) in [5.74, 6) is 0.233. The molecule has 0 aliphatic heterocycles. The number of halogens is 1. The molecule has 1 aromatic carbocycles. The molecule has 0 bridgehead atoms. The zero-order valence-electron chi connectivity index (χ0n) is 14.4. The first kappa shape index (κ1) is 20.3. The van der Waals surface area contributed by atoms with Gasteiger partial charge in [0, 0.05) is 0 Å². The zero-order chi connectivity index (χ0) is 17.3.